The van der Waals surface area contributed by atoms with Crippen LogP contribution in [0.5, 0.6) is 0 Å². The molecule has 1 fully saturated rings. The third-order valence-electron chi connectivity index (χ3n) is 5.66. The Hall–Kier alpha value is -4.01. The van der Waals surface area contributed by atoms with Gasteiger partial charge >= 0.3 is 0 Å². The Bertz CT molecular complexity index is 1340. The van der Waals surface area contributed by atoms with E-state index >= 15 is 0 Å². The predicted molar refractivity (Wildman–Crippen MR) is 125 cm³/mol. The maximum Gasteiger partial charge on any atom is 0.261 e. The van der Waals surface area contributed by atoms with Gasteiger partial charge in [0.25, 0.3) is 11.5 Å². The molecule has 0 spiro atoms. The van der Waals surface area contributed by atoms with Crippen molar-refractivity contribution in [2.24, 2.45) is 7.05 Å². The highest BCUT2D eigenvalue weighted by atomic mass is 19.1. The third-order valence-corrected chi connectivity index (χ3v) is 5.66. The summed E-state index contributed by atoms with van der Waals surface area (Å²) in [5.74, 6) is -0.195. The molecule has 170 valence electrons. The second kappa shape index (κ2) is 9.23. The zero-order chi connectivity index (χ0) is 23.5. The zero-order valence-corrected chi connectivity index (χ0v) is 18.5. The molecule has 4 heterocycles. The largest absolute Gasteiger partial charge is 0.349 e. The molecule has 0 saturated carbocycles. The summed E-state index contributed by atoms with van der Waals surface area (Å²) in [5.41, 5.74) is 1.50. The van der Waals surface area contributed by atoms with Crippen molar-refractivity contribution >= 4 is 17.4 Å². The van der Waals surface area contributed by atoms with Crippen LogP contribution in [0.2, 0.25) is 0 Å². The van der Waals surface area contributed by atoms with Crippen molar-refractivity contribution < 1.29 is 9.18 Å². The molecular formula is C24H25FN6O2. The van der Waals surface area contributed by atoms with E-state index in [9.17, 15) is 14.0 Å². The summed E-state index contributed by atoms with van der Waals surface area (Å²) >= 11 is 0. The van der Waals surface area contributed by atoms with Crippen LogP contribution in [-0.2, 0) is 7.05 Å². The first-order valence-electron chi connectivity index (χ1n) is 10.7. The topological polar surface area (TPSA) is 84.5 Å². The fraction of sp³-hybridized carbons (Fsp3) is 0.250. The van der Waals surface area contributed by atoms with Crippen LogP contribution in [0, 0.1) is 5.82 Å². The number of anilines is 1. The molecule has 1 aliphatic rings. The molecule has 1 atom stereocenters. The number of aryl methyl sites for hydroxylation is 1. The minimum absolute atomic E-state index is 0.231. The lowest BCUT2D eigenvalue weighted by molar-refractivity contribution is 0.0968. The molecule has 0 radical (unpaired) electrons. The first kappa shape index (κ1) is 22.2. The molecule has 3 aromatic heterocycles. The summed E-state index contributed by atoms with van der Waals surface area (Å²) in [6, 6.07) is 2.79. The molecule has 33 heavy (non-hydrogen) atoms. The van der Waals surface area contributed by atoms with Gasteiger partial charge in [0.1, 0.15) is 17.2 Å². The summed E-state index contributed by atoms with van der Waals surface area (Å²) in [4.78, 5) is 32.2. The zero-order valence-electron chi connectivity index (χ0n) is 18.5. The average Bonchev–Trinajstić information content (AvgIpc) is 3.45. The second-order valence-electron chi connectivity index (χ2n) is 7.79. The number of carbonyl (C=O) groups is 1. The minimum atomic E-state index is -0.456. The van der Waals surface area contributed by atoms with Gasteiger partial charge < -0.3 is 14.8 Å². The number of fused-ring (bicyclic) bond motifs is 1. The number of pyridine rings is 1. The van der Waals surface area contributed by atoms with Gasteiger partial charge in [0.15, 0.2) is 5.65 Å². The molecular weight excluding hydrogens is 423 g/mol. The van der Waals surface area contributed by atoms with Gasteiger partial charge in [-0.2, -0.15) is 5.10 Å². The predicted octanol–water partition coefficient (Wildman–Crippen LogP) is 3.28. The van der Waals surface area contributed by atoms with Gasteiger partial charge in [0.05, 0.1) is 12.2 Å². The van der Waals surface area contributed by atoms with Crippen molar-refractivity contribution in [1.82, 2.24) is 24.5 Å². The van der Waals surface area contributed by atoms with E-state index in [2.05, 4.69) is 17.0 Å². The summed E-state index contributed by atoms with van der Waals surface area (Å²) in [7, 11) is 1.54. The van der Waals surface area contributed by atoms with E-state index in [0.29, 0.717) is 41.3 Å². The number of halogens is 1. The number of carbonyl (C=O) groups excluding carboxylic acids is 1. The van der Waals surface area contributed by atoms with Crippen LogP contribution in [-0.4, -0.2) is 31.6 Å². The molecule has 3 aromatic rings. The number of rotatable bonds is 6. The Morgan fingerprint density at radius 1 is 1.39 bits per heavy atom. The van der Waals surface area contributed by atoms with E-state index in [1.165, 1.54) is 27.5 Å². The maximum absolute atomic E-state index is 14.0. The quantitative estimate of drug-likeness (QED) is 0.585. The van der Waals surface area contributed by atoms with Gasteiger partial charge in [-0.1, -0.05) is 24.8 Å². The van der Waals surface area contributed by atoms with E-state index in [0.717, 1.165) is 6.42 Å². The van der Waals surface area contributed by atoms with Crippen molar-refractivity contribution in [2.75, 3.05) is 11.4 Å². The fourth-order valence-electron chi connectivity index (χ4n) is 4.06. The van der Waals surface area contributed by atoms with Gasteiger partial charge in [0.2, 0.25) is 0 Å². The van der Waals surface area contributed by atoms with E-state index in [4.69, 9.17) is 4.98 Å². The van der Waals surface area contributed by atoms with Gasteiger partial charge in [-0.15, -0.1) is 0 Å². The van der Waals surface area contributed by atoms with Crippen molar-refractivity contribution in [2.45, 2.75) is 25.8 Å². The number of allylic oxidation sites excluding steroid dienone is 4. The van der Waals surface area contributed by atoms with E-state index in [1.54, 1.807) is 43.6 Å². The number of nitrogens with zero attached hydrogens (tertiary/aromatic N) is 5. The summed E-state index contributed by atoms with van der Waals surface area (Å²) < 4.78 is 16.8. The molecule has 0 aromatic carbocycles. The molecule has 8 nitrogen and oxygen atoms in total. The number of nitrogens with one attached hydrogen (secondary N) is 1. The maximum atomic E-state index is 14.0. The Morgan fingerprint density at radius 2 is 2.21 bits per heavy atom. The van der Waals surface area contributed by atoms with E-state index < -0.39 is 5.82 Å². The molecule has 0 bridgehead atoms. The summed E-state index contributed by atoms with van der Waals surface area (Å²) in [6.45, 7) is 6.11. The second-order valence-corrected chi connectivity index (χ2v) is 7.79. The lowest BCUT2D eigenvalue weighted by Gasteiger charge is -2.26. The SMILES string of the molecule is C=C/C=C\C(=C/C)NC(=O)c1cnn2ccc(N3CCC[C@@H]3c3cc(F)cn(C)c3=O)nc12. The van der Waals surface area contributed by atoms with Crippen molar-refractivity contribution in [3.8, 4) is 0 Å². The molecule has 1 saturated heterocycles. The molecule has 0 unspecified atom stereocenters. The van der Waals surface area contributed by atoms with Gasteiger partial charge in [0, 0.05) is 37.2 Å². The molecule has 1 aliphatic heterocycles. The van der Waals surface area contributed by atoms with Gasteiger partial charge in [-0.25, -0.2) is 13.9 Å². The van der Waals surface area contributed by atoms with Crippen LogP contribution in [0.3, 0.4) is 0 Å². The molecule has 4 rings (SSSR count). The first-order valence-corrected chi connectivity index (χ1v) is 10.7. The molecule has 0 aliphatic carbocycles. The van der Waals surface area contributed by atoms with Gasteiger partial charge in [-0.05, 0) is 38.0 Å². The van der Waals surface area contributed by atoms with Crippen molar-refractivity contribution in [3.05, 3.63) is 94.6 Å². The van der Waals surface area contributed by atoms with Crippen LogP contribution in [0.25, 0.3) is 5.65 Å². The Labute approximate surface area is 190 Å². The van der Waals surface area contributed by atoms with Crippen molar-refractivity contribution in [3.63, 3.8) is 0 Å². The Kier molecular flexibility index (Phi) is 6.21. The molecule has 1 N–H and O–H groups in total. The lowest BCUT2D eigenvalue weighted by atomic mass is 10.1. The van der Waals surface area contributed by atoms with Crippen LogP contribution >= 0.6 is 0 Å². The van der Waals surface area contributed by atoms with Crippen LogP contribution in [0.1, 0.15) is 41.7 Å². The number of hydrogen-bond donors (Lipinski definition) is 1. The minimum Gasteiger partial charge on any atom is -0.349 e. The summed E-state index contributed by atoms with van der Waals surface area (Å²) in [6.07, 6.45) is 12.8. The third kappa shape index (κ3) is 4.34. The fourth-order valence-corrected chi connectivity index (χ4v) is 4.06. The first-order chi connectivity index (χ1) is 15.9. The Morgan fingerprint density at radius 3 is 2.97 bits per heavy atom. The number of aromatic nitrogens is 4. The lowest BCUT2D eigenvalue weighted by Crippen LogP contribution is -2.31. The summed E-state index contributed by atoms with van der Waals surface area (Å²) in [5, 5.41) is 7.07. The highest BCUT2D eigenvalue weighted by molar-refractivity contribution is 6.00. The van der Waals surface area contributed by atoms with Crippen LogP contribution < -0.4 is 15.8 Å². The van der Waals surface area contributed by atoms with Crippen LogP contribution in [0.15, 0.2) is 72.1 Å². The highest BCUT2D eigenvalue weighted by Gasteiger charge is 2.30. The van der Waals surface area contributed by atoms with Gasteiger partial charge in [-0.3, -0.25) is 9.59 Å². The monoisotopic (exact) mass is 448 g/mol. The molecule has 1 amide bonds. The molecule has 9 heteroatoms. The Balaban J connectivity index is 1.68. The average molecular weight is 449 g/mol. The standard InChI is InChI=1S/C24H25FN6O2/c1-4-6-8-17(5-2)27-23(32)19-14-26-31-12-10-21(28-22(19)31)30-11-7-9-20(30)18-13-16(25)15-29(3)24(18)33/h4-6,8,10,12-15,20H,1,7,9,11H2,2-3H3,(H,27,32)/b8-6-,17-5+/t20-/m1/s1. The number of hydrogen-bond acceptors (Lipinski definition) is 5. The highest BCUT2D eigenvalue weighted by Crippen LogP contribution is 2.34. The van der Waals surface area contributed by atoms with Crippen molar-refractivity contribution in [1.29, 1.82) is 0 Å². The normalized spacial score (nSPS) is 16.6. The van der Waals surface area contributed by atoms with Crippen LogP contribution in [0.4, 0.5) is 10.2 Å². The van der Waals surface area contributed by atoms with E-state index in [-0.39, 0.29) is 17.5 Å². The smallest absolute Gasteiger partial charge is 0.261 e. The van der Waals surface area contributed by atoms with E-state index in [1.807, 2.05) is 11.8 Å². The number of amides is 1.